The Bertz CT molecular complexity index is 491. The maximum absolute atomic E-state index is 11.3. The van der Waals surface area contributed by atoms with Gasteiger partial charge in [0.2, 0.25) is 0 Å². The van der Waals surface area contributed by atoms with Crippen molar-refractivity contribution in [3.05, 3.63) is 0 Å². The zero-order valence-electron chi connectivity index (χ0n) is 17.8. The van der Waals surface area contributed by atoms with Gasteiger partial charge in [-0.2, -0.15) is 0 Å². The molecule has 0 aliphatic carbocycles. The van der Waals surface area contributed by atoms with Crippen LogP contribution in [0, 0.1) is 5.41 Å². The molecule has 0 aromatic heterocycles. The predicted octanol–water partition coefficient (Wildman–Crippen LogP) is 2.74. The van der Waals surface area contributed by atoms with Crippen molar-refractivity contribution >= 4 is 39.8 Å². The molecule has 0 aliphatic rings. The molecule has 0 amide bonds. The number of guanidine groups is 1. The molecule has 0 aliphatic heterocycles. The molecule has 6 nitrogen and oxygen atoms in total. The topological polar surface area (TPSA) is 73.8 Å². The van der Waals surface area contributed by atoms with Gasteiger partial charge in [0, 0.05) is 25.9 Å². The van der Waals surface area contributed by atoms with Gasteiger partial charge >= 0.3 is 0 Å². The van der Waals surface area contributed by atoms with E-state index in [1.165, 1.54) is 6.26 Å². The van der Waals surface area contributed by atoms with Crippen LogP contribution in [0.3, 0.4) is 0 Å². The number of nitrogens with zero attached hydrogens (tertiary/aromatic N) is 2. The van der Waals surface area contributed by atoms with Gasteiger partial charge in [-0.05, 0) is 51.2 Å². The van der Waals surface area contributed by atoms with Crippen LogP contribution in [-0.2, 0) is 9.84 Å². The molecular formula is C18H41IN4O2S. The first-order chi connectivity index (χ1) is 11.5. The van der Waals surface area contributed by atoms with Crippen LogP contribution in [0.15, 0.2) is 4.99 Å². The standard InChI is InChI=1S/C18H40N4O2S.HI/c1-8-22(9-2)13-10-11-16(3)21-17(19-6)20-15-18(4,5)12-14-25(7,23)24;/h16H,8-15H2,1-7H3,(H2,19,20,21);1H. The van der Waals surface area contributed by atoms with Gasteiger partial charge in [0.15, 0.2) is 5.96 Å². The fraction of sp³-hybridized carbons (Fsp3) is 0.944. The van der Waals surface area contributed by atoms with Crippen LogP contribution in [0.5, 0.6) is 0 Å². The van der Waals surface area contributed by atoms with Crippen molar-refractivity contribution < 1.29 is 8.42 Å². The van der Waals surface area contributed by atoms with Crippen molar-refractivity contribution in [1.29, 1.82) is 0 Å². The average molecular weight is 505 g/mol. The van der Waals surface area contributed by atoms with Gasteiger partial charge in [-0.3, -0.25) is 4.99 Å². The molecule has 8 heteroatoms. The molecule has 0 aromatic rings. The molecule has 1 atom stereocenters. The normalized spacial score (nSPS) is 14.1. The van der Waals surface area contributed by atoms with E-state index in [9.17, 15) is 8.42 Å². The summed E-state index contributed by atoms with van der Waals surface area (Å²) >= 11 is 0. The second kappa shape index (κ2) is 14.0. The molecule has 158 valence electrons. The molecule has 2 N–H and O–H groups in total. The van der Waals surface area contributed by atoms with Crippen molar-refractivity contribution in [2.45, 2.75) is 59.9 Å². The van der Waals surface area contributed by atoms with Crippen LogP contribution < -0.4 is 10.6 Å². The second-order valence-corrected chi connectivity index (χ2v) is 9.94. The summed E-state index contributed by atoms with van der Waals surface area (Å²) in [6.45, 7) is 14.7. The first kappa shape index (κ1) is 28.1. The van der Waals surface area contributed by atoms with E-state index in [-0.39, 0.29) is 35.1 Å². The second-order valence-electron chi connectivity index (χ2n) is 7.68. The highest BCUT2D eigenvalue weighted by Crippen LogP contribution is 2.19. The third-order valence-electron chi connectivity index (χ3n) is 4.50. The van der Waals surface area contributed by atoms with Crippen LogP contribution in [0.1, 0.15) is 53.9 Å². The van der Waals surface area contributed by atoms with Gasteiger partial charge in [0.05, 0.1) is 5.75 Å². The van der Waals surface area contributed by atoms with Crippen molar-refractivity contribution in [1.82, 2.24) is 15.5 Å². The Kier molecular flexibility index (Phi) is 15.1. The van der Waals surface area contributed by atoms with E-state index in [1.54, 1.807) is 7.05 Å². The van der Waals surface area contributed by atoms with Crippen molar-refractivity contribution in [3.63, 3.8) is 0 Å². The highest BCUT2D eigenvalue weighted by molar-refractivity contribution is 14.0. The Morgan fingerprint density at radius 2 is 1.81 bits per heavy atom. The number of aliphatic imine (C=N–C) groups is 1. The van der Waals surface area contributed by atoms with Gasteiger partial charge in [-0.15, -0.1) is 24.0 Å². The molecule has 0 saturated carbocycles. The monoisotopic (exact) mass is 504 g/mol. The quantitative estimate of drug-likeness (QED) is 0.243. The Morgan fingerprint density at radius 1 is 1.23 bits per heavy atom. The smallest absolute Gasteiger partial charge is 0.191 e. The third-order valence-corrected chi connectivity index (χ3v) is 5.44. The number of nitrogens with one attached hydrogen (secondary N) is 2. The van der Waals surface area contributed by atoms with E-state index in [0.29, 0.717) is 19.0 Å². The van der Waals surface area contributed by atoms with Crippen LogP contribution in [0.2, 0.25) is 0 Å². The van der Waals surface area contributed by atoms with E-state index in [1.807, 2.05) is 0 Å². The minimum Gasteiger partial charge on any atom is -0.356 e. The minimum absolute atomic E-state index is 0. The molecule has 26 heavy (non-hydrogen) atoms. The summed E-state index contributed by atoms with van der Waals surface area (Å²) in [7, 11) is -1.15. The molecule has 0 bridgehead atoms. The van der Waals surface area contributed by atoms with Crippen LogP contribution >= 0.6 is 24.0 Å². The third kappa shape index (κ3) is 15.0. The Balaban J connectivity index is 0. The van der Waals surface area contributed by atoms with E-state index < -0.39 is 9.84 Å². The molecule has 1 unspecified atom stereocenters. The summed E-state index contributed by atoms with van der Waals surface area (Å²) in [6, 6.07) is 0.348. The predicted molar refractivity (Wildman–Crippen MR) is 125 cm³/mol. The van der Waals surface area contributed by atoms with Crippen LogP contribution in [-0.4, -0.2) is 70.6 Å². The lowest BCUT2D eigenvalue weighted by Gasteiger charge is -2.27. The lowest BCUT2D eigenvalue weighted by atomic mass is 9.90. The van der Waals surface area contributed by atoms with Gasteiger partial charge in [0.25, 0.3) is 0 Å². The van der Waals surface area contributed by atoms with Crippen molar-refractivity contribution in [3.8, 4) is 0 Å². The Morgan fingerprint density at radius 3 is 2.27 bits per heavy atom. The number of hydrogen-bond acceptors (Lipinski definition) is 4. The number of halogens is 1. The van der Waals surface area contributed by atoms with Gasteiger partial charge < -0.3 is 15.5 Å². The number of rotatable bonds is 12. The van der Waals surface area contributed by atoms with Crippen LogP contribution in [0.25, 0.3) is 0 Å². The zero-order chi connectivity index (χ0) is 19.5. The van der Waals surface area contributed by atoms with Gasteiger partial charge in [-0.25, -0.2) is 8.42 Å². The summed E-state index contributed by atoms with van der Waals surface area (Å²) in [5.74, 6) is 0.998. The Hall–Kier alpha value is -0.0900. The summed E-state index contributed by atoms with van der Waals surface area (Å²) in [5, 5.41) is 6.76. The summed E-state index contributed by atoms with van der Waals surface area (Å²) in [6.07, 6.45) is 4.17. The lowest BCUT2D eigenvalue weighted by molar-refractivity contribution is 0.292. The highest BCUT2D eigenvalue weighted by Gasteiger charge is 2.20. The van der Waals surface area contributed by atoms with Crippen molar-refractivity contribution in [2.75, 3.05) is 45.2 Å². The van der Waals surface area contributed by atoms with Gasteiger partial charge in [-0.1, -0.05) is 27.7 Å². The van der Waals surface area contributed by atoms with E-state index in [2.05, 4.69) is 55.1 Å². The average Bonchev–Trinajstić information content (AvgIpc) is 2.53. The number of hydrogen-bond donors (Lipinski definition) is 2. The summed E-state index contributed by atoms with van der Waals surface area (Å²) in [5.41, 5.74) is -0.104. The maximum Gasteiger partial charge on any atom is 0.191 e. The molecule has 0 saturated heterocycles. The van der Waals surface area contributed by atoms with Crippen LogP contribution in [0.4, 0.5) is 0 Å². The zero-order valence-corrected chi connectivity index (χ0v) is 20.9. The first-order valence-electron chi connectivity index (χ1n) is 9.40. The summed E-state index contributed by atoms with van der Waals surface area (Å²) in [4.78, 5) is 6.72. The Labute approximate surface area is 178 Å². The lowest BCUT2D eigenvalue weighted by Crippen LogP contribution is -2.45. The molecule has 0 spiro atoms. The highest BCUT2D eigenvalue weighted by atomic mass is 127. The maximum atomic E-state index is 11.3. The SMILES string of the molecule is CCN(CC)CCCC(C)NC(=NC)NCC(C)(C)CCS(C)(=O)=O.I. The first-order valence-corrected chi connectivity index (χ1v) is 11.5. The van der Waals surface area contributed by atoms with E-state index >= 15 is 0 Å². The van der Waals surface area contributed by atoms with Gasteiger partial charge in [0.1, 0.15) is 9.84 Å². The molecule has 0 fully saturated rings. The summed E-state index contributed by atoms with van der Waals surface area (Å²) < 4.78 is 22.7. The fourth-order valence-corrected chi connectivity index (χ4v) is 3.46. The minimum atomic E-state index is -2.92. The van der Waals surface area contributed by atoms with E-state index in [4.69, 9.17) is 0 Å². The van der Waals surface area contributed by atoms with Crippen molar-refractivity contribution in [2.24, 2.45) is 10.4 Å². The largest absolute Gasteiger partial charge is 0.356 e. The molecule has 0 heterocycles. The van der Waals surface area contributed by atoms with E-state index in [0.717, 1.165) is 38.4 Å². The molecular weight excluding hydrogens is 463 g/mol. The molecule has 0 rings (SSSR count). The molecule has 0 aromatic carbocycles. The molecule has 0 radical (unpaired) electrons. The number of sulfone groups is 1. The fourth-order valence-electron chi connectivity index (χ4n) is 2.53.